The molecule has 4 rings (SSSR count). The van der Waals surface area contributed by atoms with Crippen LogP contribution in [0.15, 0.2) is 36.4 Å². The van der Waals surface area contributed by atoms with Gasteiger partial charge in [-0.05, 0) is 31.4 Å². The number of hydrogen-bond donors (Lipinski definition) is 0. The van der Waals surface area contributed by atoms with E-state index < -0.39 is 0 Å². The summed E-state index contributed by atoms with van der Waals surface area (Å²) >= 11 is 0. The summed E-state index contributed by atoms with van der Waals surface area (Å²) in [5.41, 5.74) is 1.34. The Bertz CT molecular complexity index is 712. The van der Waals surface area contributed by atoms with E-state index in [-0.39, 0.29) is 18.2 Å². The van der Waals surface area contributed by atoms with Crippen LogP contribution in [0, 0.1) is 0 Å². The molecule has 1 atom stereocenters. The van der Waals surface area contributed by atoms with Crippen LogP contribution in [0.1, 0.15) is 29.8 Å². The smallest absolute Gasteiger partial charge is 0.272 e. The van der Waals surface area contributed by atoms with Crippen LogP contribution in [-0.4, -0.2) is 47.9 Å². The van der Waals surface area contributed by atoms with Crippen LogP contribution in [0.25, 0.3) is 10.9 Å². The summed E-state index contributed by atoms with van der Waals surface area (Å²) in [5, 5.41) is 1.04. The minimum absolute atomic E-state index is 0.00739. The molecule has 2 fully saturated rings. The second-order valence-electron chi connectivity index (χ2n) is 6.06. The molecule has 2 saturated heterocycles. The maximum atomic E-state index is 13.0. The molecule has 120 valence electrons. The number of carbonyl (C=O) groups is 1. The lowest BCUT2D eigenvalue weighted by Crippen LogP contribution is -2.50. The van der Waals surface area contributed by atoms with E-state index in [1.807, 2.05) is 41.3 Å². The number of ether oxygens (including phenoxy) is 2. The minimum atomic E-state index is -0.292. The van der Waals surface area contributed by atoms with Crippen LogP contribution in [-0.2, 0) is 9.47 Å². The van der Waals surface area contributed by atoms with Crippen molar-refractivity contribution in [2.24, 2.45) is 0 Å². The van der Waals surface area contributed by atoms with Gasteiger partial charge >= 0.3 is 0 Å². The van der Waals surface area contributed by atoms with E-state index in [4.69, 9.17) is 9.47 Å². The van der Waals surface area contributed by atoms with Gasteiger partial charge in [0.05, 0.1) is 24.8 Å². The van der Waals surface area contributed by atoms with Crippen molar-refractivity contribution in [2.45, 2.75) is 31.6 Å². The monoisotopic (exact) mass is 312 g/mol. The van der Waals surface area contributed by atoms with Gasteiger partial charge in [0.25, 0.3) is 5.91 Å². The first-order valence-electron chi connectivity index (χ1n) is 8.23. The van der Waals surface area contributed by atoms with Gasteiger partial charge in [0.15, 0.2) is 6.29 Å². The number of fused-ring (bicyclic) bond motifs is 1. The topological polar surface area (TPSA) is 51.7 Å². The van der Waals surface area contributed by atoms with Crippen molar-refractivity contribution in [3.63, 3.8) is 0 Å². The summed E-state index contributed by atoms with van der Waals surface area (Å²) in [6.45, 7) is 1.95. The molecule has 5 heteroatoms. The zero-order valence-electron chi connectivity index (χ0n) is 13.0. The van der Waals surface area contributed by atoms with E-state index in [9.17, 15) is 4.79 Å². The van der Waals surface area contributed by atoms with Crippen molar-refractivity contribution < 1.29 is 14.3 Å². The van der Waals surface area contributed by atoms with Crippen LogP contribution in [0.2, 0.25) is 0 Å². The van der Waals surface area contributed by atoms with Crippen molar-refractivity contribution >= 4 is 16.8 Å². The minimum Gasteiger partial charge on any atom is -0.348 e. The standard InChI is InChI=1S/C18H20N2O3/c21-17(15-9-8-13-5-1-2-6-14(13)19-15)20-10-4-3-7-16(20)18-22-11-12-23-18/h1-2,5-6,8-9,16,18H,3-4,7,10-12H2. The van der Waals surface area contributed by atoms with E-state index in [2.05, 4.69) is 4.98 Å². The van der Waals surface area contributed by atoms with Crippen molar-refractivity contribution in [1.82, 2.24) is 9.88 Å². The van der Waals surface area contributed by atoms with Gasteiger partial charge < -0.3 is 14.4 Å². The molecule has 3 heterocycles. The van der Waals surface area contributed by atoms with Gasteiger partial charge in [-0.3, -0.25) is 4.79 Å². The Morgan fingerprint density at radius 1 is 1.09 bits per heavy atom. The number of pyridine rings is 1. The Morgan fingerprint density at radius 2 is 1.91 bits per heavy atom. The number of nitrogens with zero attached hydrogens (tertiary/aromatic N) is 2. The van der Waals surface area contributed by atoms with Crippen molar-refractivity contribution in [2.75, 3.05) is 19.8 Å². The Kier molecular flexibility index (Phi) is 3.97. The SMILES string of the molecule is O=C(c1ccc2ccccc2n1)N1CCCCC1C1OCCO1. The normalized spacial score (nSPS) is 22.6. The van der Waals surface area contributed by atoms with Crippen LogP contribution >= 0.6 is 0 Å². The van der Waals surface area contributed by atoms with Gasteiger partial charge in [0, 0.05) is 11.9 Å². The fourth-order valence-corrected chi connectivity index (χ4v) is 3.42. The fourth-order valence-electron chi connectivity index (χ4n) is 3.42. The molecule has 0 spiro atoms. The Balaban J connectivity index is 1.62. The lowest BCUT2D eigenvalue weighted by molar-refractivity contribution is -0.100. The maximum absolute atomic E-state index is 13.0. The molecule has 0 bridgehead atoms. The number of carbonyl (C=O) groups excluding carboxylic acids is 1. The van der Waals surface area contributed by atoms with E-state index in [1.54, 1.807) is 0 Å². The van der Waals surface area contributed by atoms with Crippen LogP contribution in [0.5, 0.6) is 0 Å². The summed E-state index contributed by atoms with van der Waals surface area (Å²) in [6, 6.07) is 11.6. The van der Waals surface area contributed by atoms with Crippen LogP contribution in [0.4, 0.5) is 0 Å². The number of rotatable bonds is 2. The Hall–Kier alpha value is -1.98. The third-order valence-electron chi connectivity index (χ3n) is 4.59. The lowest BCUT2D eigenvalue weighted by Gasteiger charge is -2.37. The van der Waals surface area contributed by atoms with E-state index >= 15 is 0 Å². The van der Waals surface area contributed by atoms with Gasteiger partial charge in [0.1, 0.15) is 5.69 Å². The number of para-hydroxylation sites is 1. The molecule has 1 aromatic heterocycles. The summed E-state index contributed by atoms with van der Waals surface area (Å²) in [6.07, 6.45) is 2.75. The first-order chi connectivity index (χ1) is 11.3. The largest absolute Gasteiger partial charge is 0.348 e. The Labute approximate surface area is 135 Å². The van der Waals surface area contributed by atoms with Gasteiger partial charge in [-0.25, -0.2) is 4.98 Å². The molecule has 0 radical (unpaired) electrons. The second-order valence-corrected chi connectivity index (χ2v) is 6.06. The molecule has 5 nitrogen and oxygen atoms in total. The predicted molar refractivity (Wildman–Crippen MR) is 86.1 cm³/mol. The van der Waals surface area contributed by atoms with Crippen molar-refractivity contribution in [3.8, 4) is 0 Å². The fraction of sp³-hybridized carbons (Fsp3) is 0.444. The summed E-state index contributed by atoms with van der Waals surface area (Å²) in [4.78, 5) is 19.4. The molecule has 0 saturated carbocycles. The quantitative estimate of drug-likeness (QED) is 0.855. The molecule has 2 aliphatic heterocycles. The average molecular weight is 312 g/mol. The number of amides is 1. The highest BCUT2D eigenvalue weighted by Gasteiger charge is 2.36. The molecular weight excluding hydrogens is 292 g/mol. The molecule has 2 aliphatic rings. The van der Waals surface area contributed by atoms with E-state index in [0.29, 0.717) is 18.9 Å². The zero-order valence-corrected chi connectivity index (χ0v) is 13.0. The number of likely N-dealkylation sites (tertiary alicyclic amines) is 1. The molecule has 1 aromatic carbocycles. The molecule has 0 N–H and O–H groups in total. The summed E-state index contributed by atoms with van der Waals surface area (Å²) in [7, 11) is 0. The highest BCUT2D eigenvalue weighted by molar-refractivity contribution is 5.95. The van der Waals surface area contributed by atoms with Crippen molar-refractivity contribution in [3.05, 3.63) is 42.1 Å². The first-order valence-corrected chi connectivity index (χ1v) is 8.23. The van der Waals surface area contributed by atoms with E-state index in [1.165, 1.54) is 0 Å². The summed E-state index contributed by atoms with van der Waals surface area (Å²) < 4.78 is 11.3. The lowest BCUT2D eigenvalue weighted by atomic mass is 10.0. The number of piperidine rings is 1. The third kappa shape index (κ3) is 2.82. The van der Waals surface area contributed by atoms with E-state index in [0.717, 1.165) is 36.7 Å². The number of hydrogen-bond acceptors (Lipinski definition) is 4. The second kappa shape index (κ2) is 6.26. The highest BCUT2D eigenvalue weighted by Crippen LogP contribution is 2.26. The predicted octanol–water partition coefficient (Wildman–Crippen LogP) is 2.60. The molecule has 2 aromatic rings. The van der Waals surface area contributed by atoms with Gasteiger partial charge in [-0.15, -0.1) is 0 Å². The zero-order chi connectivity index (χ0) is 15.6. The molecule has 0 aliphatic carbocycles. The van der Waals surface area contributed by atoms with Crippen LogP contribution < -0.4 is 0 Å². The average Bonchev–Trinajstić information content (AvgIpc) is 3.15. The third-order valence-corrected chi connectivity index (χ3v) is 4.59. The molecule has 1 amide bonds. The Morgan fingerprint density at radius 3 is 2.78 bits per heavy atom. The molecular formula is C18H20N2O3. The van der Waals surface area contributed by atoms with Gasteiger partial charge in [-0.1, -0.05) is 24.3 Å². The highest BCUT2D eigenvalue weighted by atomic mass is 16.7. The number of benzene rings is 1. The van der Waals surface area contributed by atoms with Gasteiger partial charge in [0.2, 0.25) is 0 Å². The maximum Gasteiger partial charge on any atom is 0.272 e. The van der Waals surface area contributed by atoms with Crippen LogP contribution in [0.3, 0.4) is 0 Å². The van der Waals surface area contributed by atoms with Crippen molar-refractivity contribution in [1.29, 1.82) is 0 Å². The molecule has 23 heavy (non-hydrogen) atoms. The summed E-state index contributed by atoms with van der Waals surface area (Å²) in [5.74, 6) is -0.0282. The number of aromatic nitrogens is 1. The van der Waals surface area contributed by atoms with Gasteiger partial charge in [-0.2, -0.15) is 0 Å². The first kappa shape index (κ1) is 14.6. The molecule has 1 unspecified atom stereocenters.